The molecule has 0 radical (unpaired) electrons. The molecular weight excluding hydrogens is 270 g/mol. The molecule has 1 aromatic rings. The molecule has 0 aliphatic carbocycles. The number of carboxylic acid groups (broad SMARTS) is 1. The van der Waals surface area contributed by atoms with Crippen molar-refractivity contribution in [2.45, 2.75) is 64.1 Å². The average Bonchev–Trinajstić information content (AvgIpc) is 3.04. The van der Waals surface area contributed by atoms with E-state index in [-0.39, 0.29) is 17.4 Å². The van der Waals surface area contributed by atoms with Gasteiger partial charge in [-0.1, -0.05) is 20.8 Å². The van der Waals surface area contributed by atoms with Crippen molar-refractivity contribution in [1.82, 2.24) is 4.90 Å². The molecule has 0 saturated carbocycles. The van der Waals surface area contributed by atoms with Crippen molar-refractivity contribution in [3.8, 4) is 0 Å². The molecule has 1 aromatic heterocycles. The van der Waals surface area contributed by atoms with Gasteiger partial charge >= 0.3 is 5.97 Å². The van der Waals surface area contributed by atoms with Crippen LogP contribution in [0.15, 0.2) is 12.1 Å². The predicted molar refractivity (Wildman–Crippen MR) is 81.1 cm³/mol. The van der Waals surface area contributed by atoms with E-state index in [9.17, 15) is 9.90 Å². The van der Waals surface area contributed by atoms with Crippen molar-refractivity contribution >= 4 is 17.3 Å². The van der Waals surface area contributed by atoms with E-state index in [0.29, 0.717) is 6.04 Å². The van der Waals surface area contributed by atoms with Crippen LogP contribution >= 0.6 is 11.3 Å². The van der Waals surface area contributed by atoms with E-state index in [1.165, 1.54) is 16.2 Å². The summed E-state index contributed by atoms with van der Waals surface area (Å²) in [4.78, 5) is 16.5. The maximum atomic E-state index is 11.3. The minimum Gasteiger partial charge on any atom is -0.481 e. The van der Waals surface area contributed by atoms with Gasteiger partial charge in [0.05, 0.1) is 5.92 Å². The monoisotopic (exact) mass is 293 g/mol. The van der Waals surface area contributed by atoms with Gasteiger partial charge in [-0.2, -0.15) is 0 Å². The first-order valence-electron chi connectivity index (χ1n) is 7.44. The summed E-state index contributed by atoms with van der Waals surface area (Å²) in [6, 6.07) is 5.20. The molecule has 0 aromatic carbocycles. The largest absolute Gasteiger partial charge is 0.481 e. The van der Waals surface area contributed by atoms with Gasteiger partial charge < -0.3 is 5.11 Å². The second-order valence-electron chi connectivity index (χ2n) is 7.17. The Kier molecular flexibility index (Phi) is 3.41. The molecule has 2 aliphatic heterocycles. The first-order valence-corrected chi connectivity index (χ1v) is 8.25. The van der Waals surface area contributed by atoms with Crippen LogP contribution in [0.3, 0.4) is 0 Å². The lowest BCUT2D eigenvalue weighted by Gasteiger charge is -2.22. The van der Waals surface area contributed by atoms with Crippen molar-refractivity contribution in [2.24, 2.45) is 5.92 Å². The van der Waals surface area contributed by atoms with Gasteiger partial charge in [-0.3, -0.25) is 9.69 Å². The number of hydrogen-bond donors (Lipinski definition) is 1. The molecule has 3 unspecified atom stereocenters. The van der Waals surface area contributed by atoms with Crippen LogP contribution in [0.1, 0.15) is 49.8 Å². The molecule has 1 N–H and O–H groups in total. The predicted octanol–water partition coefficient (Wildman–Crippen LogP) is 3.48. The molecule has 3 atom stereocenters. The van der Waals surface area contributed by atoms with Crippen molar-refractivity contribution < 1.29 is 9.90 Å². The van der Waals surface area contributed by atoms with Gasteiger partial charge in [0.1, 0.15) is 0 Å². The zero-order valence-electron chi connectivity index (χ0n) is 12.4. The number of thiophene rings is 1. The highest BCUT2D eigenvalue weighted by atomic mass is 32.1. The number of rotatable bonds is 3. The summed E-state index contributed by atoms with van der Waals surface area (Å²) in [5, 5.41) is 9.31. The SMILES string of the molecule is CC(C)(C)c1ccc(CN2C3CCC2C(C(=O)O)C3)s1. The fourth-order valence-corrected chi connectivity index (χ4v) is 4.73. The van der Waals surface area contributed by atoms with E-state index < -0.39 is 5.97 Å². The summed E-state index contributed by atoms with van der Waals surface area (Å²) in [5.41, 5.74) is 0.205. The number of hydrogen-bond acceptors (Lipinski definition) is 3. The molecular formula is C16H23NO2S. The van der Waals surface area contributed by atoms with Crippen LogP contribution in [-0.2, 0) is 16.8 Å². The Hall–Kier alpha value is -0.870. The van der Waals surface area contributed by atoms with E-state index in [1.54, 1.807) is 0 Å². The highest BCUT2D eigenvalue weighted by molar-refractivity contribution is 7.12. The average molecular weight is 293 g/mol. The molecule has 2 fully saturated rings. The van der Waals surface area contributed by atoms with Crippen LogP contribution in [0.25, 0.3) is 0 Å². The van der Waals surface area contributed by atoms with Crippen LogP contribution in [0, 0.1) is 5.92 Å². The Balaban J connectivity index is 1.73. The fourth-order valence-electron chi connectivity index (χ4n) is 3.66. The topological polar surface area (TPSA) is 40.5 Å². The van der Waals surface area contributed by atoms with E-state index in [4.69, 9.17) is 0 Å². The molecule has 4 heteroatoms. The third-order valence-electron chi connectivity index (χ3n) is 4.74. The molecule has 2 aliphatic rings. The van der Waals surface area contributed by atoms with Crippen molar-refractivity contribution in [2.75, 3.05) is 0 Å². The van der Waals surface area contributed by atoms with Crippen molar-refractivity contribution in [3.05, 3.63) is 21.9 Å². The molecule has 20 heavy (non-hydrogen) atoms. The summed E-state index contributed by atoms with van der Waals surface area (Å²) in [6.45, 7) is 7.65. The fraction of sp³-hybridized carbons (Fsp3) is 0.688. The van der Waals surface area contributed by atoms with Crippen molar-refractivity contribution in [3.63, 3.8) is 0 Å². The molecule has 0 spiro atoms. The summed E-state index contributed by atoms with van der Waals surface area (Å²) < 4.78 is 0. The number of carbonyl (C=O) groups is 1. The van der Waals surface area contributed by atoms with Gasteiger partial charge in [0.2, 0.25) is 0 Å². The Morgan fingerprint density at radius 1 is 1.40 bits per heavy atom. The highest BCUT2D eigenvalue weighted by Crippen LogP contribution is 2.43. The first-order chi connectivity index (χ1) is 9.36. The summed E-state index contributed by atoms with van der Waals surface area (Å²) in [7, 11) is 0. The lowest BCUT2D eigenvalue weighted by atomic mass is 9.89. The zero-order chi connectivity index (χ0) is 14.5. The Morgan fingerprint density at radius 2 is 2.15 bits per heavy atom. The molecule has 3 heterocycles. The summed E-state index contributed by atoms with van der Waals surface area (Å²) in [6.07, 6.45) is 3.07. The quantitative estimate of drug-likeness (QED) is 0.927. The molecule has 2 saturated heterocycles. The van der Waals surface area contributed by atoms with Crippen LogP contribution in [0.4, 0.5) is 0 Å². The maximum absolute atomic E-state index is 11.3. The van der Waals surface area contributed by atoms with E-state index in [2.05, 4.69) is 37.8 Å². The number of carboxylic acids is 1. The smallest absolute Gasteiger partial charge is 0.308 e. The van der Waals surface area contributed by atoms with Gasteiger partial charge in [-0.25, -0.2) is 0 Å². The Labute approximate surface area is 124 Å². The van der Waals surface area contributed by atoms with Crippen LogP contribution in [0.2, 0.25) is 0 Å². The molecule has 3 rings (SSSR count). The zero-order valence-corrected chi connectivity index (χ0v) is 13.2. The summed E-state index contributed by atoms with van der Waals surface area (Å²) >= 11 is 1.88. The second-order valence-corrected chi connectivity index (χ2v) is 8.34. The lowest BCUT2D eigenvalue weighted by molar-refractivity contribution is -0.142. The third-order valence-corrected chi connectivity index (χ3v) is 6.23. The number of fused-ring (bicyclic) bond motifs is 2. The van der Waals surface area contributed by atoms with Gasteiger partial charge in [0.25, 0.3) is 0 Å². The maximum Gasteiger partial charge on any atom is 0.308 e. The van der Waals surface area contributed by atoms with Crippen LogP contribution < -0.4 is 0 Å². The van der Waals surface area contributed by atoms with Crippen LogP contribution in [0.5, 0.6) is 0 Å². The van der Waals surface area contributed by atoms with E-state index in [1.807, 2.05) is 11.3 Å². The Morgan fingerprint density at radius 3 is 2.70 bits per heavy atom. The van der Waals surface area contributed by atoms with Gasteiger partial charge in [-0.05, 0) is 36.8 Å². The molecule has 3 nitrogen and oxygen atoms in total. The third kappa shape index (κ3) is 2.40. The van der Waals surface area contributed by atoms with E-state index >= 15 is 0 Å². The molecule has 0 amide bonds. The standard InChI is InChI=1S/C16H23NO2S/c1-16(2,3)14-7-5-11(20-14)9-17-10-4-6-13(17)12(8-10)15(18)19/h5,7,10,12-13H,4,6,8-9H2,1-3H3,(H,18,19). The molecule has 2 bridgehead atoms. The van der Waals surface area contributed by atoms with Gasteiger partial charge in [0, 0.05) is 28.4 Å². The van der Waals surface area contributed by atoms with Crippen LogP contribution in [-0.4, -0.2) is 28.1 Å². The van der Waals surface area contributed by atoms with Gasteiger partial charge in [0.15, 0.2) is 0 Å². The highest BCUT2D eigenvalue weighted by Gasteiger charge is 2.49. The Bertz CT molecular complexity index is 517. The number of nitrogens with zero attached hydrogens (tertiary/aromatic N) is 1. The van der Waals surface area contributed by atoms with E-state index in [0.717, 1.165) is 19.4 Å². The minimum absolute atomic E-state index is 0.143. The normalized spacial score (nSPS) is 30.1. The van der Waals surface area contributed by atoms with Gasteiger partial charge in [-0.15, -0.1) is 11.3 Å². The molecule has 110 valence electrons. The summed E-state index contributed by atoms with van der Waals surface area (Å²) in [5.74, 6) is -0.750. The second kappa shape index (κ2) is 4.85. The minimum atomic E-state index is -0.608. The number of aliphatic carboxylic acids is 1. The lowest BCUT2D eigenvalue weighted by Crippen LogP contribution is -2.32. The first kappa shape index (κ1) is 14.1. The van der Waals surface area contributed by atoms with Crippen molar-refractivity contribution in [1.29, 1.82) is 0 Å².